The summed E-state index contributed by atoms with van der Waals surface area (Å²) in [7, 11) is 0. The Morgan fingerprint density at radius 2 is 1.00 bits per heavy atom. The van der Waals surface area contributed by atoms with Gasteiger partial charge in [-0.25, -0.2) is 9.97 Å². The minimum absolute atomic E-state index is 0.686. The number of aromatic nitrogens is 4. The summed E-state index contributed by atoms with van der Waals surface area (Å²) in [4.78, 5) is 9.37. The Kier molecular flexibility index (Phi) is 4.93. The molecule has 0 atom stereocenters. The van der Waals surface area contributed by atoms with Gasteiger partial charge in [0.25, 0.3) is 0 Å². The number of nitrogens with zero attached hydrogens (tertiary/aromatic N) is 4. The maximum atomic E-state index is 6.36. The minimum atomic E-state index is 0.686. The van der Waals surface area contributed by atoms with Gasteiger partial charge in [-0.3, -0.25) is 4.57 Å². The van der Waals surface area contributed by atoms with E-state index in [0.29, 0.717) is 5.58 Å². The standard InChI is InChI=1S/C40H24N4O/c1-2-10-27(11-3-1)43-33-15-7-4-12-28(33)31-22-25(18-20-35(31)43)26-19-21-36-32(23-26)29-13-5-8-16-34(29)44(36)40-39-38(41-24-42-40)30-14-6-9-17-37(30)45-39/h1-24H. The van der Waals surface area contributed by atoms with E-state index in [-0.39, 0.29) is 0 Å². The summed E-state index contributed by atoms with van der Waals surface area (Å²) in [5.41, 5.74) is 10.4. The molecule has 210 valence electrons. The maximum Gasteiger partial charge on any atom is 0.197 e. The lowest BCUT2D eigenvalue weighted by Gasteiger charge is -2.09. The van der Waals surface area contributed by atoms with Gasteiger partial charge in [-0.05, 0) is 71.8 Å². The molecule has 6 aromatic carbocycles. The Bertz CT molecular complexity index is 2770. The van der Waals surface area contributed by atoms with Crippen LogP contribution in [-0.4, -0.2) is 19.1 Å². The van der Waals surface area contributed by atoms with Crippen molar-refractivity contribution in [2.24, 2.45) is 0 Å². The van der Waals surface area contributed by atoms with Crippen LogP contribution in [0.5, 0.6) is 0 Å². The highest BCUT2D eigenvalue weighted by atomic mass is 16.3. The van der Waals surface area contributed by atoms with Crippen LogP contribution in [0.25, 0.3) is 88.3 Å². The summed E-state index contributed by atoms with van der Waals surface area (Å²) in [5.74, 6) is 0.741. The van der Waals surface area contributed by atoms with Crippen molar-refractivity contribution in [3.8, 4) is 22.6 Å². The van der Waals surface area contributed by atoms with Gasteiger partial charge < -0.3 is 8.98 Å². The average molecular weight is 577 g/mol. The molecule has 0 aliphatic rings. The third-order valence-corrected chi connectivity index (χ3v) is 9.04. The third-order valence-electron chi connectivity index (χ3n) is 9.04. The van der Waals surface area contributed by atoms with Crippen molar-refractivity contribution in [1.82, 2.24) is 19.1 Å². The van der Waals surface area contributed by atoms with E-state index in [0.717, 1.165) is 44.4 Å². The van der Waals surface area contributed by atoms with E-state index >= 15 is 0 Å². The number of para-hydroxylation sites is 4. The molecule has 10 rings (SSSR count). The van der Waals surface area contributed by atoms with Crippen molar-refractivity contribution >= 4 is 65.7 Å². The second kappa shape index (κ2) is 9.15. The van der Waals surface area contributed by atoms with E-state index in [1.54, 1.807) is 6.33 Å². The van der Waals surface area contributed by atoms with Gasteiger partial charge >= 0.3 is 0 Å². The molecule has 4 heterocycles. The molecule has 0 saturated carbocycles. The molecule has 0 radical (unpaired) electrons. The van der Waals surface area contributed by atoms with E-state index in [2.05, 4.69) is 129 Å². The van der Waals surface area contributed by atoms with E-state index in [1.165, 1.54) is 38.3 Å². The predicted molar refractivity (Wildman–Crippen MR) is 183 cm³/mol. The van der Waals surface area contributed by atoms with E-state index < -0.39 is 0 Å². The van der Waals surface area contributed by atoms with Crippen molar-refractivity contribution in [1.29, 1.82) is 0 Å². The van der Waals surface area contributed by atoms with Crippen LogP contribution in [0.1, 0.15) is 0 Å². The second-order valence-electron chi connectivity index (χ2n) is 11.5. The van der Waals surface area contributed by atoms with Crippen LogP contribution in [0.2, 0.25) is 0 Å². The Morgan fingerprint density at radius 1 is 0.444 bits per heavy atom. The second-order valence-corrected chi connectivity index (χ2v) is 11.5. The highest BCUT2D eigenvalue weighted by Crippen LogP contribution is 2.39. The average Bonchev–Trinajstić information content (AvgIpc) is 3.76. The van der Waals surface area contributed by atoms with Gasteiger partial charge in [-0.2, -0.15) is 0 Å². The number of hydrogen-bond donors (Lipinski definition) is 0. The Morgan fingerprint density at radius 3 is 1.71 bits per heavy atom. The fourth-order valence-electron chi connectivity index (χ4n) is 7.06. The first-order valence-corrected chi connectivity index (χ1v) is 15.1. The summed E-state index contributed by atoms with van der Waals surface area (Å²) in [5, 5.41) is 5.80. The van der Waals surface area contributed by atoms with Crippen LogP contribution in [0, 0.1) is 0 Å². The third kappa shape index (κ3) is 3.43. The predicted octanol–water partition coefficient (Wildman–Crippen LogP) is 10.2. The summed E-state index contributed by atoms with van der Waals surface area (Å²) in [6.45, 7) is 0. The molecular formula is C40H24N4O. The highest BCUT2D eigenvalue weighted by Gasteiger charge is 2.20. The number of furan rings is 1. The molecule has 5 nitrogen and oxygen atoms in total. The molecule has 4 aromatic heterocycles. The van der Waals surface area contributed by atoms with Crippen molar-refractivity contribution in [3.63, 3.8) is 0 Å². The fraction of sp³-hybridized carbons (Fsp3) is 0. The van der Waals surface area contributed by atoms with E-state index in [9.17, 15) is 0 Å². The van der Waals surface area contributed by atoms with Gasteiger partial charge in [0, 0.05) is 32.6 Å². The zero-order valence-corrected chi connectivity index (χ0v) is 24.1. The Hall–Kier alpha value is -6.20. The first-order valence-electron chi connectivity index (χ1n) is 15.1. The number of benzene rings is 6. The first kappa shape index (κ1) is 24.3. The molecule has 0 aliphatic carbocycles. The number of hydrogen-bond acceptors (Lipinski definition) is 3. The van der Waals surface area contributed by atoms with Gasteiger partial charge in [-0.15, -0.1) is 0 Å². The molecule has 0 aliphatic heterocycles. The largest absolute Gasteiger partial charge is 0.450 e. The lowest BCUT2D eigenvalue weighted by molar-refractivity contribution is 0.662. The lowest BCUT2D eigenvalue weighted by atomic mass is 10.0. The fourth-order valence-corrected chi connectivity index (χ4v) is 7.06. The van der Waals surface area contributed by atoms with Gasteiger partial charge in [-0.1, -0.05) is 78.9 Å². The summed E-state index contributed by atoms with van der Waals surface area (Å²) >= 11 is 0. The summed E-state index contributed by atoms with van der Waals surface area (Å²) in [6.07, 6.45) is 1.63. The van der Waals surface area contributed by atoms with Gasteiger partial charge in [0.1, 0.15) is 17.4 Å². The van der Waals surface area contributed by atoms with Crippen LogP contribution in [0.15, 0.2) is 150 Å². The van der Waals surface area contributed by atoms with Crippen LogP contribution in [0.4, 0.5) is 0 Å². The van der Waals surface area contributed by atoms with Crippen molar-refractivity contribution < 1.29 is 4.42 Å². The van der Waals surface area contributed by atoms with Crippen LogP contribution < -0.4 is 0 Å². The summed E-state index contributed by atoms with van der Waals surface area (Å²) < 4.78 is 10.9. The van der Waals surface area contributed by atoms with Gasteiger partial charge in [0.2, 0.25) is 0 Å². The molecule has 45 heavy (non-hydrogen) atoms. The molecule has 0 fully saturated rings. The Labute approximate surface area is 257 Å². The molecule has 0 saturated heterocycles. The van der Waals surface area contributed by atoms with Crippen LogP contribution >= 0.6 is 0 Å². The zero-order chi connectivity index (χ0) is 29.5. The van der Waals surface area contributed by atoms with E-state index in [1.807, 2.05) is 24.3 Å². The number of fused-ring (bicyclic) bond motifs is 9. The van der Waals surface area contributed by atoms with E-state index in [4.69, 9.17) is 9.40 Å². The first-order chi connectivity index (χ1) is 22.3. The molecule has 0 N–H and O–H groups in total. The highest BCUT2D eigenvalue weighted by molar-refractivity contribution is 6.13. The van der Waals surface area contributed by atoms with Gasteiger partial charge in [0.05, 0.1) is 22.1 Å². The smallest absolute Gasteiger partial charge is 0.197 e. The Balaban J connectivity index is 1.20. The van der Waals surface area contributed by atoms with Crippen molar-refractivity contribution in [3.05, 3.63) is 146 Å². The summed E-state index contributed by atoms with van der Waals surface area (Å²) in [6, 6.07) is 49.3. The quantitative estimate of drug-likeness (QED) is 0.210. The molecule has 0 bridgehead atoms. The molecule has 0 spiro atoms. The normalized spacial score (nSPS) is 12.0. The minimum Gasteiger partial charge on any atom is -0.450 e. The van der Waals surface area contributed by atoms with Crippen molar-refractivity contribution in [2.75, 3.05) is 0 Å². The SMILES string of the molecule is c1ccc(-n2c3ccccc3c3cc(-c4ccc5c(c4)c4ccccc4n5-c4ncnc5c4oc4ccccc45)ccc32)cc1. The van der Waals surface area contributed by atoms with Crippen LogP contribution in [0.3, 0.4) is 0 Å². The van der Waals surface area contributed by atoms with Crippen molar-refractivity contribution in [2.45, 2.75) is 0 Å². The molecule has 5 heteroatoms. The maximum absolute atomic E-state index is 6.36. The van der Waals surface area contributed by atoms with Gasteiger partial charge in [0.15, 0.2) is 11.4 Å². The lowest BCUT2D eigenvalue weighted by Crippen LogP contribution is -1.98. The molecule has 0 amide bonds. The molecular weight excluding hydrogens is 552 g/mol. The monoisotopic (exact) mass is 576 g/mol. The van der Waals surface area contributed by atoms with Crippen LogP contribution in [-0.2, 0) is 0 Å². The molecule has 10 aromatic rings. The zero-order valence-electron chi connectivity index (χ0n) is 24.1. The topological polar surface area (TPSA) is 48.8 Å². The number of rotatable bonds is 3. The molecule has 0 unspecified atom stereocenters.